The van der Waals surface area contributed by atoms with Gasteiger partial charge in [0.05, 0.1) is 12.1 Å². The molecular formula is C11H15NO3. The number of aliphatic hydroxyl groups is 1. The third kappa shape index (κ3) is 3.25. The Morgan fingerprint density at radius 2 is 1.87 bits per heavy atom. The van der Waals surface area contributed by atoms with E-state index in [0.717, 1.165) is 0 Å². The van der Waals surface area contributed by atoms with Gasteiger partial charge in [0.1, 0.15) is 5.75 Å². The maximum absolute atomic E-state index is 11.6. The molecule has 0 saturated heterocycles. The summed E-state index contributed by atoms with van der Waals surface area (Å²) < 4.78 is 0. The first-order valence-corrected chi connectivity index (χ1v) is 4.67. The summed E-state index contributed by atoms with van der Waals surface area (Å²) >= 11 is 0. The highest BCUT2D eigenvalue weighted by atomic mass is 16.3. The number of carbonyl (C=O) groups excluding carboxylic acids is 1. The van der Waals surface area contributed by atoms with Crippen molar-refractivity contribution in [2.24, 2.45) is 0 Å². The minimum atomic E-state index is -0.644. The Hall–Kier alpha value is -1.55. The lowest BCUT2D eigenvalue weighted by atomic mass is 10.1. The van der Waals surface area contributed by atoms with Gasteiger partial charge in [0.2, 0.25) is 0 Å². The fourth-order valence-corrected chi connectivity index (χ4v) is 1.03. The average Bonchev–Trinajstić information content (AvgIpc) is 2.18. The van der Waals surface area contributed by atoms with Crippen LogP contribution >= 0.6 is 0 Å². The standard InChI is InChI=1S/C11H15NO3/c1-11(2,7-13)12-10(15)8-3-5-9(14)6-4-8/h3-6,13-14H,7H2,1-2H3,(H,12,15). The molecular weight excluding hydrogens is 194 g/mol. The van der Waals surface area contributed by atoms with Gasteiger partial charge in [-0.05, 0) is 38.1 Å². The summed E-state index contributed by atoms with van der Waals surface area (Å²) in [5.41, 5.74) is -0.191. The number of benzene rings is 1. The van der Waals surface area contributed by atoms with E-state index in [1.807, 2.05) is 0 Å². The van der Waals surface area contributed by atoms with Gasteiger partial charge >= 0.3 is 0 Å². The number of carbonyl (C=O) groups is 1. The number of phenols is 1. The predicted octanol–water partition coefficient (Wildman–Crippen LogP) is 0.893. The second-order valence-electron chi connectivity index (χ2n) is 4.04. The van der Waals surface area contributed by atoms with Crippen molar-refractivity contribution >= 4 is 5.91 Å². The molecule has 1 amide bonds. The Kier molecular flexibility index (Phi) is 3.31. The first-order chi connectivity index (χ1) is 6.94. The van der Waals surface area contributed by atoms with Crippen LogP contribution in [0, 0.1) is 0 Å². The van der Waals surface area contributed by atoms with Crippen LogP contribution in [-0.2, 0) is 0 Å². The number of amides is 1. The van der Waals surface area contributed by atoms with E-state index in [1.165, 1.54) is 24.3 Å². The topological polar surface area (TPSA) is 69.6 Å². The highest BCUT2D eigenvalue weighted by Gasteiger charge is 2.19. The number of nitrogens with one attached hydrogen (secondary N) is 1. The smallest absolute Gasteiger partial charge is 0.251 e. The lowest BCUT2D eigenvalue weighted by molar-refractivity contribution is 0.0869. The predicted molar refractivity (Wildman–Crippen MR) is 56.7 cm³/mol. The van der Waals surface area contributed by atoms with Crippen LogP contribution < -0.4 is 5.32 Å². The number of aliphatic hydroxyl groups excluding tert-OH is 1. The van der Waals surface area contributed by atoms with Crippen LogP contribution in [0.2, 0.25) is 0 Å². The Labute approximate surface area is 88.6 Å². The molecule has 1 aromatic rings. The van der Waals surface area contributed by atoms with E-state index >= 15 is 0 Å². The summed E-state index contributed by atoms with van der Waals surface area (Å²) in [5.74, 6) is -0.151. The number of rotatable bonds is 3. The van der Waals surface area contributed by atoms with Gasteiger partial charge in [-0.2, -0.15) is 0 Å². The molecule has 0 atom stereocenters. The molecule has 0 aliphatic rings. The zero-order valence-corrected chi connectivity index (χ0v) is 8.82. The van der Waals surface area contributed by atoms with Gasteiger partial charge in [-0.3, -0.25) is 4.79 Å². The normalized spacial score (nSPS) is 11.1. The van der Waals surface area contributed by atoms with Crippen molar-refractivity contribution in [2.45, 2.75) is 19.4 Å². The maximum Gasteiger partial charge on any atom is 0.251 e. The molecule has 3 N–H and O–H groups in total. The average molecular weight is 209 g/mol. The van der Waals surface area contributed by atoms with Gasteiger partial charge in [-0.1, -0.05) is 0 Å². The molecule has 0 unspecified atom stereocenters. The van der Waals surface area contributed by atoms with Crippen molar-refractivity contribution in [1.29, 1.82) is 0 Å². The molecule has 0 aliphatic carbocycles. The van der Waals surface area contributed by atoms with Crippen LogP contribution in [0.25, 0.3) is 0 Å². The molecule has 0 heterocycles. The summed E-state index contributed by atoms with van der Waals surface area (Å²) in [6, 6.07) is 5.94. The molecule has 0 saturated carbocycles. The van der Waals surface area contributed by atoms with Gasteiger partial charge in [0, 0.05) is 5.56 Å². The number of hydrogen-bond acceptors (Lipinski definition) is 3. The maximum atomic E-state index is 11.6. The van der Waals surface area contributed by atoms with Gasteiger partial charge in [0.15, 0.2) is 0 Å². The molecule has 15 heavy (non-hydrogen) atoms. The molecule has 1 aromatic carbocycles. The molecule has 0 spiro atoms. The third-order valence-corrected chi connectivity index (χ3v) is 1.98. The number of aromatic hydroxyl groups is 1. The van der Waals surface area contributed by atoms with Gasteiger partial charge in [-0.15, -0.1) is 0 Å². The van der Waals surface area contributed by atoms with Crippen LogP contribution in [-0.4, -0.2) is 28.3 Å². The quantitative estimate of drug-likeness (QED) is 0.692. The van der Waals surface area contributed by atoms with Gasteiger partial charge in [0.25, 0.3) is 5.91 Å². The van der Waals surface area contributed by atoms with E-state index in [2.05, 4.69) is 5.32 Å². The van der Waals surface area contributed by atoms with Gasteiger partial charge in [-0.25, -0.2) is 0 Å². The summed E-state index contributed by atoms with van der Waals surface area (Å²) in [5, 5.41) is 20.7. The lowest BCUT2D eigenvalue weighted by Crippen LogP contribution is -2.46. The molecule has 0 bridgehead atoms. The molecule has 0 fully saturated rings. The fraction of sp³-hybridized carbons (Fsp3) is 0.364. The SMILES string of the molecule is CC(C)(CO)NC(=O)c1ccc(O)cc1. The Bertz CT molecular complexity index is 343. The van der Waals surface area contributed by atoms with Crippen LogP contribution in [0.4, 0.5) is 0 Å². The van der Waals surface area contributed by atoms with Gasteiger partial charge < -0.3 is 15.5 Å². The first-order valence-electron chi connectivity index (χ1n) is 4.67. The van der Waals surface area contributed by atoms with Crippen molar-refractivity contribution < 1.29 is 15.0 Å². The Morgan fingerprint density at radius 1 is 1.33 bits per heavy atom. The number of hydrogen-bond donors (Lipinski definition) is 3. The van der Waals surface area contributed by atoms with Crippen molar-refractivity contribution in [3.05, 3.63) is 29.8 Å². The molecule has 4 nitrogen and oxygen atoms in total. The van der Waals surface area contributed by atoms with Crippen molar-refractivity contribution in [3.8, 4) is 5.75 Å². The van der Waals surface area contributed by atoms with E-state index in [4.69, 9.17) is 10.2 Å². The Balaban J connectivity index is 2.74. The Morgan fingerprint density at radius 3 is 2.33 bits per heavy atom. The molecule has 0 aliphatic heterocycles. The zero-order chi connectivity index (χ0) is 11.5. The van der Waals surface area contributed by atoms with Crippen LogP contribution in [0.5, 0.6) is 5.75 Å². The molecule has 1 rings (SSSR count). The zero-order valence-electron chi connectivity index (χ0n) is 8.82. The summed E-state index contributed by atoms with van der Waals surface area (Å²) in [4.78, 5) is 11.6. The summed E-state index contributed by atoms with van der Waals surface area (Å²) in [7, 11) is 0. The summed E-state index contributed by atoms with van der Waals surface area (Å²) in [6.45, 7) is 3.33. The molecule has 0 aromatic heterocycles. The van der Waals surface area contributed by atoms with E-state index < -0.39 is 5.54 Å². The second-order valence-corrected chi connectivity index (χ2v) is 4.04. The largest absolute Gasteiger partial charge is 0.508 e. The van der Waals surface area contributed by atoms with Crippen LogP contribution in [0.1, 0.15) is 24.2 Å². The second kappa shape index (κ2) is 4.31. The van der Waals surface area contributed by atoms with Crippen LogP contribution in [0.15, 0.2) is 24.3 Å². The molecule has 0 radical (unpaired) electrons. The lowest BCUT2D eigenvalue weighted by Gasteiger charge is -2.23. The van der Waals surface area contributed by atoms with E-state index in [1.54, 1.807) is 13.8 Å². The van der Waals surface area contributed by atoms with Crippen LogP contribution in [0.3, 0.4) is 0 Å². The van der Waals surface area contributed by atoms with E-state index in [9.17, 15) is 4.79 Å². The first kappa shape index (κ1) is 11.5. The monoisotopic (exact) mass is 209 g/mol. The minimum absolute atomic E-state index is 0.118. The summed E-state index contributed by atoms with van der Waals surface area (Å²) in [6.07, 6.45) is 0. The van der Waals surface area contributed by atoms with E-state index in [0.29, 0.717) is 5.56 Å². The number of phenolic OH excluding ortho intramolecular Hbond substituents is 1. The van der Waals surface area contributed by atoms with E-state index in [-0.39, 0.29) is 18.3 Å². The third-order valence-electron chi connectivity index (χ3n) is 1.98. The highest BCUT2D eigenvalue weighted by Crippen LogP contribution is 2.10. The molecule has 4 heteroatoms. The van der Waals surface area contributed by atoms with Crippen molar-refractivity contribution in [1.82, 2.24) is 5.32 Å². The highest BCUT2D eigenvalue weighted by molar-refractivity contribution is 5.94. The fourth-order valence-electron chi connectivity index (χ4n) is 1.03. The van der Waals surface area contributed by atoms with Crippen molar-refractivity contribution in [3.63, 3.8) is 0 Å². The minimum Gasteiger partial charge on any atom is -0.508 e. The molecule has 82 valence electrons. The van der Waals surface area contributed by atoms with Crippen molar-refractivity contribution in [2.75, 3.05) is 6.61 Å².